The van der Waals surface area contributed by atoms with Gasteiger partial charge in [-0.25, -0.2) is 15.0 Å². The molecular formula is C46H28N4O. The molecule has 0 N–H and O–H groups in total. The van der Waals surface area contributed by atoms with Crippen LogP contribution in [0, 0.1) is 0 Å². The quantitative estimate of drug-likeness (QED) is 0.173. The Labute approximate surface area is 293 Å². The monoisotopic (exact) mass is 652 g/mol. The van der Waals surface area contributed by atoms with Crippen molar-refractivity contribution < 1.29 is 4.42 Å². The van der Waals surface area contributed by atoms with Gasteiger partial charge in [0.05, 0.1) is 5.52 Å². The highest BCUT2D eigenvalue weighted by atomic mass is 16.3. The Bertz CT molecular complexity index is 2840. The van der Waals surface area contributed by atoms with Crippen molar-refractivity contribution >= 4 is 43.6 Å². The lowest BCUT2D eigenvalue weighted by molar-refractivity contribution is 0.670. The molecule has 0 amide bonds. The molecule has 0 bridgehead atoms. The van der Waals surface area contributed by atoms with Crippen molar-refractivity contribution in [1.29, 1.82) is 0 Å². The Morgan fingerprint density at radius 2 is 0.922 bits per heavy atom. The summed E-state index contributed by atoms with van der Waals surface area (Å²) in [6, 6.07) is 56.2. The van der Waals surface area contributed by atoms with Crippen molar-refractivity contribution in [3.63, 3.8) is 0 Å². The van der Waals surface area contributed by atoms with E-state index in [0.29, 0.717) is 17.5 Å². The van der Waals surface area contributed by atoms with Gasteiger partial charge in [0.15, 0.2) is 17.5 Å². The zero-order valence-electron chi connectivity index (χ0n) is 27.4. The van der Waals surface area contributed by atoms with Crippen LogP contribution in [0.3, 0.4) is 0 Å². The first kappa shape index (κ1) is 29.0. The number of hydrogen-bond acceptors (Lipinski definition) is 5. The first-order valence-electron chi connectivity index (χ1n) is 17.0. The number of nitrogens with zero attached hydrogens (tertiary/aromatic N) is 4. The Balaban J connectivity index is 1.12. The summed E-state index contributed by atoms with van der Waals surface area (Å²) in [5.74, 6) is 1.89. The normalized spacial score (nSPS) is 11.5. The Hall–Kier alpha value is -6.98. The summed E-state index contributed by atoms with van der Waals surface area (Å²) < 4.78 is 6.56. The highest BCUT2D eigenvalue weighted by molar-refractivity contribution is 6.12. The molecular weight excluding hydrogens is 625 g/mol. The molecule has 0 unspecified atom stereocenters. The standard InChI is InChI=1S/C46H28N4O/c1-3-11-30(12-4-1)44-48-45(31-13-5-2-6-14-31)50-46(49-44)32-21-19-29(20-22-32)38-26-35(27-40-37-17-9-10-18-42(37)51-43(38)40)33-23-24-41-39(25-33)36-16-8-7-15-34(36)28-47-41/h1-28H. The number of aromatic nitrogens is 4. The summed E-state index contributed by atoms with van der Waals surface area (Å²) in [6.07, 6.45) is 1.95. The van der Waals surface area contributed by atoms with Crippen LogP contribution in [0.2, 0.25) is 0 Å². The minimum Gasteiger partial charge on any atom is -0.455 e. The third-order valence-corrected chi connectivity index (χ3v) is 9.56. The maximum atomic E-state index is 6.56. The Kier molecular flexibility index (Phi) is 6.74. The van der Waals surface area contributed by atoms with Crippen LogP contribution in [-0.2, 0) is 0 Å². The van der Waals surface area contributed by atoms with Gasteiger partial charge in [-0.3, -0.25) is 4.98 Å². The predicted octanol–water partition coefficient (Wildman–Crippen LogP) is 11.8. The molecule has 0 atom stereocenters. The number of para-hydroxylation sites is 1. The molecule has 0 aliphatic carbocycles. The van der Waals surface area contributed by atoms with E-state index in [0.717, 1.165) is 77.2 Å². The smallest absolute Gasteiger partial charge is 0.164 e. The van der Waals surface area contributed by atoms with Gasteiger partial charge in [0.1, 0.15) is 11.2 Å². The van der Waals surface area contributed by atoms with Gasteiger partial charge < -0.3 is 4.42 Å². The van der Waals surface area contributed by atoms with Crippen molar-refractivity contribution in [1.82, 2.24) is 19.9 Å². The first-order valence-corrected chi connectivity index (χ1v) is 17.0. The van der Waals surface area contributed by atoms with Crippen LogP contribution in [0.5, 0.6) is 0 Å². The van der Waals surface area contributed by atoms with E-state index in [2.05, 4.69) is 91.0 Å². The van der Waals surface area contributed by atoms with E-state index in [4.69, 9.17) is 24.4 Å². The number of pyridine rings is 1. The maximum Gasteiger partial charge on any atom is 0.164 e. The number of furan rings is 1. The fourth-order valence-corrected chi connectivity index (χ4v) is 6.98. The second kappa shape index (κ2) is 11.9. The number of hydrogen-bond donors (Lipinski definition) is 0. The highest BCUT2D eigenvalue weighted by Gasteiger charge is 2.17. The third-order valence-electron chi connectivity index (χ3n) is 9.56. The third kappa shape index (κ3) is 5.11. The summed E-state index contributed by atoms with van der Waals surface area (Å²) >= 11 is 0. The molecule has 238 valence electrons. The molecule has 0 aliphatic rings. The van der Waals surface area contributed by atoms with E-state index in [1.165, 1.54) is 5.39 Å². The summed E-state index contributed by atoms with van der Waals surface area (Å²) in [7, 11) is 0. The van der Waals surface area contributed by atoms with Crippen LogP contribution in [0.15, 0.2) is 174 Å². The summed E-state index contributed by atoms with van der Waals surface area (Å²) in [5.41, 5.74) is 9.78. The van der Waals surface area contributed by atoms with E-state index in [1.54, 1.807) is 0 Å². The second-order valence-electron chi connectivity index (χ2n) is 12.7. The van der Waals surface area contributed by atoms with Crippen LogP contribution < -0.4 is 0 Å². The van der Waals surface area contributed by atoms with Crippen LogP contribution in [-0.4, -0.2) is 19.9 Å². The zero-order valence-corrected chi connectivity index (χ0v) is 27.4. The van der Waals surface area contributed by atoms with Gasteiger partial charge in [0.25, 0.3) is 0 Å². The molecule has 0 fully saturated rings. The molecule has 3 heterocycles. The predicted molar refractivity (Wildman–Crippen MR) is 207 cm³/mol. The molecule has 51 heavy (non-hydrogen) atoms. The molecule has 7 aromatic carbocycles. The summed E-state index contributed by atoms with van der Waals surface area (Å²) in [5, 5.41) is 5.63. The van der Waals surface area contributed by atoms with Gasteiger partial charge in [-0.2, -0.15) is 0 Å². The number of rotatable bonds is 5. The van der Waals surface area contributed by atoms with Gasteiger partial charge in [0.2, 0.25) is 0 Å². The lowest BCUT2D eigenvalue weighted by Gasteiger charge is -2.11. The lowest BCUT2D eigenvalue weighted by atomic mass is 9.94. The summed E-state index contributed by atoms with van der Waals surface area (Å²) in [4.78, 5) is 19.5. The van der Waals surface area contributed by atoms with E-state index in [-0.39, 0.29) is 0 Å². The Morgan fingerprint density at radius 1 is 0.373 bits per heavy atom. The van der Waals surface area contributed by atoms with Gasteiger partial charge in [-0.15, -0.1) is 0 Å². The second-order valence-corrected chi connectivity index (χ2v) is 12.7. The van der Waals surface area contributed by atoms with Gasteiger partial charge in [0, 0.05) is 50.0 Å². The van der Waals surface area contributed by atoms with Gasteiger partial charge in [-0.1, -0.05) is 133 Å². The molecule has 5 nitrogen and oxygen atoms in total. The average molecular weight is 653 g/mol. The SMILES string of the molecule is c1ccc(-c2nc(-c3ccccc3)nc(-c3ccc(-c4cc(-c5ccc6ncc7ccccc7c6c5)cc5c4oc4ccccc45)cc3)n2)cc1. The molecule has 0 saturated heterocycles. The molecule has 0 saturated carbocycles. The molecule has 5 heteroatoms. The fraction of sp³-hybridized carbons (Fsp3) is 0. The molecule has 3 aromatic heterocycles. The van der Waals surface area contributed by atoms with Crippen molar-refractivity contribution in [2.24, 2.45) is 0 Å². The number of fused-ring (bicyclic) bond motifs is 6. The topological polar surface area (TPSA) is 64.7 Å². The van der Waals surface area contributed by atoms with Crippen LogP contribution in [0.4, 0.5) is 0 Å². The van der Waals surface area contributed by atoms with E-state index >= 15 is 0 Å². The maximum absolute atomic E-state index is 6.56. The van der Waals surface area contributed by atoms with Crippen LogP contribution >= 0.6 is 0 Å². The van der Waals surface area contributed by atoms with E-state index < -0.39 is 0 Å². The lowest BCUT2D eigenvalue weighted by Crippen LogP contribution is -2.00. The Morgan fingerprint density at radius 3 is 1.63 bits per heavy atom. The largest absolute Gasteiger partial charge is 0.455 e. The molecule has 0 radical (unpaired) electrons. The first-order chi connectivity index (χ1) is 25.2. The molecule has 10 aromatic rings. The summed E-state index contributed by atoms with van der Waals surface area (Å²) in [6.45, 7) is 0. The molecule has 0 spiro atoms. The van der Waals surface area contributed by atoms with Gasteiger partial charge in [-0.05, 0) is 52.4 Å². The highest BCUT2D eigenvalue weighted by Crippen LogP contribution is 2.41. The van der Waals surface area contributed by atoms with Crippen molar-refractivity contribution in [2.75, 3.05) is 0 Å². The molecule has 0 aliphatic heterocycles. The fourth-order valence-electron chi connectivity index (χ4n) is 6.98. The van der Waals surface area contributed by atoms with Crippen LogP contribution in [0.25, 0.3) is 100 Å². The minimum absolute atomic E-state index is 0.619. The molecule has 10 rings (SSSR count). The van der Waals surface area contributed by atoms with Crippen molar-refractivity contribution in [3.05, 3.63) is 170 Å². The van der Waals surface area contributed by atoms with Crippen LogP contribution in [0.1, 0.15) is 0 Å². The number of benzene rings is 7. The average Bonchev–Trinajstić information content (AvgIpc) is 3.59. The zero-order chi connectivity index (χ0) is 33.7. The minimum atomic E-state index is 0.619. The van der Waals surface area contributed by atoms with E-state index in [9.17, 15) is 0 Å². The van der Waals surface area contributed by atoms with Crippen molar-refractivity contribution in [3.8, 4) is 56.4 Å². The van der Waals surface area contributed by atoms with Gasteiger partial charge >= 0.3 is 0 Å². The van der Waals surface area contributed by atoms with E-state index in [1.807, 2.05) is 79.0 Å². The van der Waals surface area contributed by atoms with Crippen molar-refractivity contribution in [2.45, 2.75) is 0 Å².